The second kappa shape index (κ2) is 5.28. The van der Waals surface area contributed by atoms with E-state index in [1.54, 1.807) is 0 Å². The number of rotatable bonds is 5. The van der Waals surface area contributed by atoms with E-state index in [0.717, 1.165) is 12.5 Å². The molecule has 0 heterocycles. The van der Waals surface area contributed by atoms with E-state index in [1.807, 2.05) is 0 Å². The van der Waals surface area contributed by atoms with Gasteiger partial charge < -0.3 is 5.32 Å². The normalized spacial score (nSPS) is 19.2. The van der Waals surface area contributed by atoms with Crippen LogP contribution in [0.3, 0.4) is 0 Å². The van der Waals surface area contributed by atoms with E-state index in [0.29, 0.717) is 5.41 Å². The fraction of sp³-hybridized carbons (Fsp3) is 0.667. The Balaban J connectivity index is 2.09. The maximum absolute atomic E-state index is 3.72. The summed E-state index contributed by atoms with van der Waals surface area (Å²) in [5, 5.41) is 3.72. The number of nitrogens with one attached hydrogen (secondary N) is 1. The molecule has 1 aliphatic rings. The summed E-state index contributed by atoms with van der Waals surface area (Å²) in [6.45, 7) is 12.6. The van der Waals surface area contributed by atoms with E-state index in [2.05, 4.69) is 64.2 Å². The van der Waals surface area contributed by atoms with Crippen LogP contribution in [-0.2, 0) is 6.42 Å². The van der Waals surface area contributed by atoms with Gasteiger partial charge in [0.1, 0.15) is 0 Å². The van der Waals surface area contributed by atoms with E-state index in [4.69, 9.17) is 0 Å². The lowest BCUT2D eigenvalue weighted by molar-refractivity contribution is 0.227. The molecule has 1 aromatic carbocycles. The van der Waals surface area contributed by atoms with Gasteiger partial charge in [-0.25, -0.2) is 0 Å². The van der Waals surface area contributed by atoms with Crippen LogP contribution in [0, 0.1) is 18.3 Å². The van der Waals surface area contributed by atoms with Crippen LogP contribution in [0.4, 0.5) is 0 Å². The van der Waals surface area contributed by atoms with Crippen molar-refractivity contribution in [2.24, 2.45) is 11.3 Å². The first-order valence-corrected chi connectivity index (χ1v) is 7.60. The lowest BCUT2D eigenvalue weighted by Gasteiger charge is -2.34. The van der Waals surface area contributed by atoms with Crippen LogP contribution >= 0.6 is 0 Å². The summed E-state index contributed by atoms with van der Waals surface area (Å²) in [4.78, 5) is 0. The third-order valence-electron chi connectivity index (χ3n) is 4.44. The highest BCUT2D eigenvalue weighted by molar-refractivity contribution is 5.27. The Kier molecular flexibility index (Phi) is 4.06. The van der Waals surface area contributed by atoms with Crippen LogP contribution in [0.5, 0.6) is 0 Å². The van der Waals surface area contributed by atoms with Crippen molar-refractivity contribution in [2.75, 3.05) is 6.54 Å². The van der Waals surface area contributed by atoms with Crippen LogP contribution in [0.2, 0.25) is 0 Å². The zero-order chi connectivity index (χ0) is 14.1. The molecule has 1 fully saturated rings. The number of benzene rings is 1. The summed E-state index contributed by atoms with van der Waals surface area (Å²) < 4.78 is 0. The average molecular weight is 259 g/mol. The molecular weight excluding hydrogens is 230 g/mol. The minimum Gasteiger partial charge on any atom is -0.312 e. The van der Waals surface area contributed by atoms with Crippen molar-refractivity contribution in [3.05, 3.63) is 35.4 Å². The van der Waals surface area contributed by atoms with Gasteiger partial charge in [-0.1, -0.05) is 31.2 Å². The van der Waals surface area contributed by atoms with Crippen molar-refractivity contribution < 1.29 is 0 Å². The van der Waals surface area contributed by atoms with E-state index >= 15 is 0 Å². The SMILES string of the molecule is Cc1ccccc1CC(C)(CNC(C)(C)C)C1CC1. The summed E-state index contributed by atoms with van der Waals surface area (Å²) in [6.07, 6.45) is 4.02. The molecule has 1 heteroatoms. The quantitative estimate of drug-likeness (QED) is 0.829. The van der Waals surface area contributed by atoms with Gasteiger partial charge in [-0.05, 0) is 69.4 Å². The van der Waals surface area contributed by atoms with Crippen LogP contribution in [0.25, 0.3) is 0 Å². The van der Waals surface area contributed by atoms with Crippen LogP contribution in [0.15, 0.2) is 24.3 Å². The standard InChI is InChI=1S/C18H29N/c1-14-8-6-7-9-15(14)12-18(5,16-10-11-16)13-19-17(2,3)4/h6-9,16,19H,10-13H2,1-5H3. The van der Waals surface area contributed by atoms with Crippen molar-refractivity contribution in [1.29, 1.82) is 0 Å². The second-order valence-electron chi connectivity index (χ2n) is 7.64. The predicted octanol–water partition coefficient (Wildman–Crippen LogP) is 4.34. The molecule has 2 rings (SSSR count). The molecule has 1 saturated carbocycles. The monoisotopic (exact) mass is 259 g/mol. The summed E-state index contributed by atoms with van der Waals surface area (Å²) in [6, 6.07) is 8.85. The molecule has 1 N–H and O–H groups in total. The highest BCUT2D eigenvalue weighted by Crippen LogP contribution is 2.47. The summed E-state index contributed by atoms with van der Waals surface area (Å²) in [5.41, 5.74) is 3.57. The Labute approximate surface area is 118 Å². The first-order valence-electron chi connectivity index (χ1n) is 7.60. The Bertz CT molecular complexity index is 426. The molecule has 106 valence electrons. The van der Waals surface area contributed by atoms with Gasteiger partial charge in [0.25, 0.3) is 0 Å². The van der Waals surface area contributed by atoms with E-state index < -0.39 is 0 Å². The maximum atomic E-state index is 3.72. The average Bonchev–Trinajstić information content (AvgIpc) is 3.13. The molecule has 0 aliphatic heterocycles. The Morgan fingerprint density at radius 2 is 1.74 bits per heavy atom. The predicted molar refractivity (Wildman–Crippen MR) is 83.5 cm³/mol. The van der Waals surface area contributed by atoms with Gasteiger partial charge >= 0.3 is 0 Å². The van der Waals surface area contributed by atoms with Gasteiger partial charge in [0, 0.05) is 12.1 Å². The smallest absolute Gasteiger partial charge is 0.00967 e. The fourth-order valence-corrected chi connectivity index (χ4v) is 2.84. The minimum atomic E-state index is 0.210. The molecular formula is C18H29N. The van der Waals surface area contributed by atoms with Crippen LogP contribution in [-0.4, -0.2) is 12.1 Å². The van der Waals surface area contributed by atoms with Gasteiger partial charge in [-0.3, -0.25) is 0 Å². The van der Waals surface area contributed by atoms with Gasteiger partial charge in [0.05, 0.1) is 0 Å². The van der Waals surface area contributed by atoms with Gasteiger partial charge in [-0.15, -0.1) is 0 Å². The fourth-order valence-electron chi connectivity index (χ4n) is 2.84. The lowest BCUT2D eigenvalue weighted by Crippen LogP contribution is -2.44. The number of hydrogen-bond acceptors (Lipinski definition) is 1. The summed E-state index contributed by atoms with van der Waals surface area (Å²) >= 11 is 0. The molecule has 1 unspecified atom stereocenters. The van der Waals surface area contributed by atoms with Gasteiger partial charge in [0.2, 0.25) is 0 Å². The van der Waals surface area contributed by atoms with E-state index in [9.17, 15) is 0 Å². The molecule has 0 radical (unpaired) electrons. The Morgan fingerprint density at radius 1 is 1.11 bits per heavy atom. The lowest BCUT2D eigenvalue weighted by atomic mass is 9.77. The van der Waals surface area contributed by atoms with Crippen molar-refractivity contribution in [2.45, 2.75) is 59.4 Å². The first kappa shape index (κ1) is 14.6. The van der Waals surface area contributed by atoms with E-state index in [1.165, 1.54) is 30.4 Å². The van der Waals surface area contributed by atoms with Crippen molar-refractivity contribution in [1.82, 2.24) is 5.32 Å². The third kappa shape index (κ3) is 4.07. The molecule has 1 aliphatic carbocycles. The third-order valence-corrected chi connectivity index (χ3v) is 4.44. The molecule has 0 bridgehead atoms. The largest absolute Gasteiger partial charge is 0.312 e. The Morgan fingerprint density at radius 3 is 2.26 bits per heavy atom. The minimum absolute atomic E-state index is 0.210. The zero-order valence-corrected chi connectivity index (χ0v) is 13.2. The molecule has 0 spiro atoms. The molecule has 0 amide bonds. The topological polar surface area (TPSA) is 12.0 Å². The molecule has 1 atom stereocenters. The summed E-state index contributed by atoms with van der Waals surface area (Å²) in [5.74, 6) is 0.905. The molecule has 1 nitrogen and oxygen atoms in total. The van der Waals surface area contributed by atoms with Crippen molar-refractivity contribution in [3.63, 3.8) is 0 Å². The maximum Gasteiger partial charge on any atom is 0.00967 e. The molecule has 0 saturated heterocycles. The second-order valence-corrected chi connectivity index (χ2v) is 7.64. The highest BCUT2D eigenvalue weighted by atomic mass is 15.0. The highest BCUT2D eigenvalue weighted by Gasteiger charge is 2.41. The van der Waals surface area contributed by atoms with Crippen molar-refractivity contribution in [3.8, 4) is 0 Å². The zero-order valence-electron chi connectivity index (χ0n) is 13.2. The summed E-state index contributed by atoms with van der Waals surface area (Å²) in [7, 11) is 0. The number of hydrogen-bond donors (Lipinski definition) is 1. The van der Waals surface area contributed by atoms with Gasteiger partial charge in [-0.2, -0.15) is 0 Å². The van der Waals surface area contributed by atoms with Gasteiger partial charge in [0.15, 0.2) is 0 Å². The molecule has 1 aromatic rings. The number of aryl methyl sites for hydroxylation is 1. The first-order chi connectivity index (χ1) is 8.80. The Hall–Kier alpha value is -0.820. The van der Waals surface area contributed by atoms with Crippen LogP contribution < -0.4 is 5.32 Å². The molecule has 0 aromatic heterocycles. The van der Waals surface area contributed by atoms with E-state index in [-0.39, 0.29) is 5.54 Å². The molecule has 19 heavy (non-hydrogen) atoms. The van der Waals surface area contributed by atoms with Crippen LogP contribution in [0.1, 0.15) is 51.7 Å². The van der Waals surface area contributed by atoms with Crippen molar-refractivity contribution >= 4 is 0 Å².